The number of esters is 1. The molecule has 2 aromatic rings. The molecule has 4 N–H and O–H groups in total. The van der Waals surface area contributed by atoms with Gasteiger partial charge in [0.2, 0.25) is 0 Å². The number of hydrogen-bond donors (Lipinski definition) is 3. The van der Waals surface area contributed by atoms with Crippen LogP contribution in [0.2, 0.25) is 5.02 Å². The molecule has 1 aromatic carbocycles. The molecule has 1 aliphatic rings. The van der Waals surface area contributed by atoms with Gasteiger partial charge < -0.3 is 20.3 Å². The number of thiophene rings is 1. The van der Waals surface area contributed by atoms with Crippen LogP contribution in [0.1, 0.15) is 54.4 Å². The van der Waals surface area contributed by atoms with Crippen LogP contribution in [0.25, 0.3) is 0 Å². The summed E-state index contributed by atoms with van der Waals surface area (Å²) in [6.45, 7) is 7.91. The van der Waals surface area contributed by atoms with Gasteiger partial charge in [-0.2, -0.15) is 0 Å². The number of carbonyl (C=O) groups excluding carboxylic acids is 3. The van der Waals surface area contributed by atoms with Crippen molar-refractivity contribution in [2.24, 2.45) is 5.73 Å². The first-order valence-corrected chi connectivity index (χ1v) is 12.4. The third-order valence-corrected chi connectivity index (χ3v) is 6.98. The number of carbonyl (C=O) groups is 3. The Morgan fingerprint density at radius 2 is 1.85 bits per heavy atom. The number of anilines is 2. The molecule has 8 nitrogen and oxygen atoms in total. The van der Waals surface area contributed by atoms with Crippen molar-refractivity contribution in [3.05, 3.63) is 45.3 Å². The van der Waals surface area contributed by atoms with Gasteiger partial charge in [0, 0.05) is 23.6 Å². The number of nitrogens with zero attached hydrogens (tertiary/aromatic N) is 1. The molecule has 0 fully saturated rings. The van der Waals surface area contributed by atoms with Gasteiger partial charge >= 0.3 is 12.0 Å². The molecule has 34 heavy (non-hydrogen) atoms. The van der Waals surface area contributed by atoms with Gasteiger partial charge in [0.05, 0.1) is 37.0 Å². The topological polar surface area (TPSA) is 111 Å². The summed E-state index contributed by atoms with van der Waals surface area (Å²) in [6, 6.07) is 6.28. The molecule has 1 aromatic heterocycles. The maximum absolute atomic E-state index is 12.5. The molecule has 1 unspecified atom stereocenters. The second-order valence-electron chi connectivity index (χ2n) is 9.82. The van der Waals surface area contributed by atoms with E-state index < -0.39 is 17.5 Å². The van der Waals surface area contributed by atoms with Crippen molar-refractivity contribution in [3.63, 3.8) is 0 Å². The molecule has 0 radical (unpaired) electrons. The van der Waals surface area contributed by atoms with Crippen LogP contribution in [0.5, 0.6) is 0 Å². The average molecular weight is 508 g/mol. The van der Waals surface area contributed by atoms with Crippen LogP contribution >= 0.6 is 22.9 Å². The number of primary amides is 1. The molecule has 184 valence electrons. The molecule has 0 aliphatic carbocycles. The summed E-state index contributed by atoms with van der Waals surface area (Å²) in [5, 5.41) is 6.54. The number of nitrogens with two attached hydrogens (primary N) is 1. The first kappa shape index (κ1) is 26.0. The van der Waals surface area contributed by atoms with Gasteiger partial charge in [-0.05, 0) is 50.6 Å². The third-order valence-electron chi connectivity index (χ3n) is 5.59. The summed E-state index contributed by atoms with van der Waals surface area (Å²) in [4.78, 5) is 37.9. The Morgan fingerprint density at radius 3 is 2.47 bits per heavy atom. The Balaban J connectivity index is 1.67. The quantitative estimate of drug-likeness (QED) is 0.370. The Kier molecular flexibility index (Phi) is 7.90. The molecule has 2 heterocycles. The van der Waals surface area contributed by atoms with E-state index >= 15 is 0 Å². The average Bonchev–Trinajstić information content (AvgIpc) is 3.04. The number of likely N-dealkylation sites (N-methyl/N-ethyl adjacent to an activating group) is 1. The van der Waals surface area contributed by atoms with Crippen molar-refractivity contribution in [2.75, 3.05) is 30.8 Å². The first-order chi connectivity index (χ1) is 15.8. The van der Waals surface area contributed by atoms with E-state index in [1.807, 2.05) is 20.8 Å². The highest BCUT2D eigenvalue weighted by Crippen LogP contribution is 2.38. The van der Waals surface area contributed by atoms with Crippen LogP contribution in [0.4, 0.5) is 15.5 Å². The molecule has 1 aliphatic heterocycles. The smallest absolute Gasteiger partial charge is 0.324 e. The summed E-state index contributed by atoms with van der Waals surface area (Å²) in [6.07, 6.45) is 1.75. The lowest BCUT2D eigenvalue weighted by Crippen LogP contribution is -2.48. The van der Waals surface area contributed by atoms with Crippen LogP contribution in [0.15, 0.2) is 24.3 Å². The monoisotopic (exact) mass is 507 g/mol. The van der Waals surface area contributed by atoms with Crippen molar-refractivity contribution in [1.29, 1.82) is 0 Å². The zero-order chi connectivity index (χ0) is 25.1. The first-order valence-electron chi connectivity index (χ1n) is 11.2. The number of fused-ring (bicyclic) bond motifs is 1. The molecule has 3 amide bonds. The van der Waals surface area contributed by atoms with Crippen LogP contribution in [0.3, 0.4) is 0 Å². The highest BCUT2D eigenvalue weighted by molar-refractivity contribution is 7.17. The van der Waals surface area contributed by atoms with Crippen molar-refractivity contribution >= 4 is 51.5 Å². The van der Waals surface area contributed by atoms with E-state index in [0.717, 1.165) is 28.0 Å². The van der Waals surface area contributed by atoms with Gasteiger partial charge in [-0.3, -0.25) is 14.9 Å². The van der Waals surface area contributed by atoms with E-state index in [1.165, 1.54) is 11.3 Å². The highest BCUT2D eigenvalue weighted by atomic mass is 35.5. The van der Waals surface area contributed by atoms with Crippen LogP contribution < -0.4 is 16.4 Å². The Morgan fingerprint density at radius 1 is 1.18 bits per heavy atom. The molecule has 10 heteroatoms. The lowest BCUT2D eigenvalue weighted by Gasteiger charge is -2.37. The Bertz CT molecular complexity index is 1080. The molecular weight excluding hydrogens is 476 g/mol. The van der Waals surface area contributed by atoms with Gasteiger partial charge in [0.15, 0.2) is 0 Å². The fraction of sp³-hybridized carbons (Fsp3) is 0.458. The molecular formula is C24H32ClN4O4S+. The summed E-state index contributed by atoms with van der Waals surface area (Å²) in [7, 11) is 2.14. The van der Waals surface area contributed by atoms with Gasteiger partial charge in [0.25, 0.3) is 5.91 Å². The van der Waals surface area contributed by atoms with Gasteiger partial charge in [-0.15, -0.1) is 11.3 Å². The van der Waals surface area contributed by atoms with E-state index in [4.69, 9.17) is 22.1 Å². The highest BCUT2D eigenvalue weighted by Gasteiger charge is 2.34. The maximum atomic E-state index is 12.5. The summed E-state index contributed by atoms with van der Waals surface area (Å²) < 4.78 is 6.14. The number of urea groups is 1. The summed E-state index contributed by atoms with van der Waals surface area (Å²) in [5.74, 6) is -0.748. The number of hydrogen-bond acceptors (Lipinski definition) is 5. The number of halogens is 1. The van der Waals surface area contributed by atoms with E-state index in [2.05, 4.69) is 17.7 Å². The molecule has 0 saturated heterocycles. The normalized spacial score (nSPS) is 17.6. The predicted octanol–water partition coefficient (Wildman–Crippen LogP) is 4.77. The Hall–Kier alpha value is -2.62. The largest absolute Gasteiger partial charge is 0.460 e. The van der Waals surface area contributed by atoms with E-state index in [1.54, 1.807) is 24.3 Å². The minimum Gasteiger partial charge on any atom is -0.460 e. The Labute approximate surface area is 209 Å². The van der Waals surface area contributed by atoms with Gasteiger partial charge in [-0.25, -0.2) is 4.79 Å². The molecule has 0 bridgehead atoms. The summed E-state index contributed by atoms with van der Waals surface area (Å²) >= 11 is 7.27. The predicted molar refractivity (Wildman–Crippen MR) is 135 cm³/mol. The van der Waals surface area contributed by atoms with E-state index in [0.29, 0.717) is 47.1 Å². The number of quaternary nitrogens is 1. The summed E-state index contributed by atoms with van der Waals surface area (Å²) in [5.41, 5.74) is 7.07. The molecule has 0 spiro atoms. The van der Waals surface area contributed by atoms with Crippen molar-refractivity contribution in [3.8, 4) is 0 Å². The minimum absolute atomic E-state index is 0.192. The maximum Gasteiger partial charge on any atom is 0.324 e. The number of nitrogens with one attached hydrogen (secondary N) is 2. The fourth-order valence-corrected chi connectivity index (χ4v) is 5.59. The van der Waals surface area contributed by atoms with Crippen LogP contribution in [-0.2, 0) is 22.5 Å². The van der Waals surface area contributed by atoms with Gasteiger partial charge in [-0.1, -0.05) is 11.6 Å². The lowest BCUT2D eigenvalue weighted by atomic mass is 10.0. The van der Waals surface area contributed by atoms with E-state index in [-0.39, 0.29) is 5.97 Å². The van der Waals surface area contributed by atoms with Crippen LogP contribution in [-0.4, -0.2) is 48.1 Å². The fourth-order valence-electron chi connectivity index (χ4n) is 4.05. The zero-order valence-corrected chi connectivity index (χ0v) is 21.6. The second kappa shape index (κ2) is 10.3. The zero-order valence-electron chi connectivity index (χ0n) is 20.0. The van der Waals surface area contributed by atoms with Crippen molar-refractivity contribution < 1.29 is 23.6 Å². The van der Waals surface area contributed by atoms with Crippen LogP contribution in [0, 0.1) is 0 Å². The molecule has 1 atom stereocenters. The number of ether oxygens (including phenoxy) is 1. The second-order valence-corrected chi connectivity index (χ2v) is 11.4. The number of rotatable bonds is 7. The standard InChI is InChI=1S/C24H31ClN4O4S/c1-24(2,3)33-19(30)6-5-12-29(4)13-11-17-18(14-29)34-22(20(17)21(26)31)28-23(32)27-16-9-7-15(25)8-10-16/h7-10H,5-6,11-14H2,1-4H3,(H3-,26,27,28,31,32)/p+1. The number of amides is 3. The van der Waals surface area contributed by atoms with Crippen molar-refractivity contribution in [2.45, 2.75) is 52.2 Å². The lowest BCUT2D eigenvalue weighted by molar-refractivity contribution is -0.924. The van der Waals surface area contributed by atoms with Crippen molar-refractivity contribution in [1.82, 2.24) is 0 Å². The molecule has 3 rings (SSSR count). The number of benzene rings is 1. The minimum atomic E-state index is -0.555. The third kappa shape index (κ3) is 6.94. The van der Waals surface area contributed by atoms with Gasteiger partial charge in [0.1, 0.15) is 17.1 Å². The SMILES string of the molecule is CC(C)(C)OC(=O)CCC[N+]1(C)CCc2c(sc(NC(=O)Nc3ccc(Cl)cc3)c2C(N)=O)C1. The van der Waals surface area contributed by atoms with E-state index in [9.17, 15) is 14.4 Å². The molecule has 0 saturated carbocycles.